The Labute approximate surface area is 188 Å². The van der Waals surface area contributed by atoms with Crippen LogP contribution in [0.3, 0.4) is 0 Å². The Bertz CT molecular complexity index is 752. The summed E-state index contributed by atoms with van der Waals surface area (Å²) in [6, 6.07) is 0. The Morgan fingerprint density at radius 3 is 2.10 bits per heavy atom. The van der Waals surface area contributed by atoms with Crippen LogP contribution in [0, 0.1) is 48.9 Å². The van der Waals surface area contributed by atoms with E-state index in [0.29, 0.717) is 22.0 Å². The van der Waals surface area contributed by atoms with Crippen molar-refractivity contribution < 1.29 is 5.11 Å². The van der Waals surface area contributed by atoms with Gasteiger partial charge in [0.05, 0.1) is 0 Å². The SMILES string of the molecule is Cc1c(C)c2c(c(C)c1O)CCC(C)(CC(C)(C)CC(C)C(C)(C)CCC(C)C)C2. The van der Waals surface area contributed by atoms with E-state index in [1.165, 1.54) is 48.8 Å². The van der Waals surface area contributed by atoms with Gasteiger partial charge in [0.2, 0.25) is 0 Å². The fourth-order valence-electron chi connectivity index (χ4n) is 6.19. The van der Waals surface area contributed by atoms with Crippen LogP contribution in [0.5, 0.6) is 5.75 Å². The van der Waals surface area contributed by atoms with Crippen LogP contribution in [0.4, 0.5) is 0 Å². The van der Waals surface area contributed by atoms with Crippen molar-refractivity contribution in [1.29, 1.82) is 0 Å². The number of rotatable bonds is 8. The molecular formula is C29H50O. The van der Waals surface area contributed by atoms with Crippen molar-refractivity contribution in [3.8, 4) is 5.75 Å². The van der Waals surface area contributed by atoms with E-state index in [1.54, 1.807) is 0 Å². The second-order valence-electron chi connectivity index (χ2n) is 13.0. The molecule has 0 saturated heterocycles. The van der Waals surface area contributed by atoms with Gasteiger partial charge in [-0.05, 0) is 115 Å². The molecule has 0 saturated carbocycles. The Morgan fingerprint density at radius 1 is 0.933 bits per heavy atom. The molecule has 1 aliphatic carbocycles. The van der Waals surface area contributed by atoms with E-state index < -0.39 is 0 Å². The summed E-state index contributed by atoms with van der Waals surface area (Å²) < 4.78 is 0. The van der Waals surface area contributed by atoms with E-state index in [9.17, 15) is 5.11 Å². The van der Waals surface area contributed by atoms with Crippen molar-refractivity contribution >= 4 is 0 Å². The zero-order valence-electron chi connectivity index (χ0n) is 22.1. The maximum atomic E-state index is 10.5. The van der Waals surface area contributed by atoms with Gasteiger partial charge < -0.3 is 5.11 Å². The lowest BCUT2D eigenvalue weighted by atomic mass is 9.60. The first-order valence-electron chi connectivity index (χ1n) is 12.4. The Kier molecular flexibility index (Phi) is 7.48. The van der Waals surface area contributed by atoms with Crippen LogP contribution in [0.1, 0.15) is 115 Å². The molecule has 1 aliphatic rings. The third kappa shape index (κ3) is 5.63. The number of fused-ring (bicyclic) bond motifs is 1. The second kappa shape index (κ2) is 8.87. The lowest BCUT2D eigenvalue weighted by Crippen LogP contribution is -2.35. The normalized spacial score (nSPS) is 21.1. The van der Waals surface area contributed by atoms with Crippen molar-refractivity contribution in [3.05, 3.63) is 27.8 Å². The fraction of sp³-hybridized carbons (Fsp3) is 0.793. The molecule has 0 aromatic heterocycles. The van der Waals surface area contributed by atoms with Gasteiger partial charge in [-0.2, -0.15) is 0 Å². The maximum Gasteiger partial charge on any atom is 0.121 e. The zero-order valence-corrected chi connectivity index (χ0v) is 22.1. The molecular weight excluding hydrogens is 364 g/mol. The highest BCUT2D eigenvalue weighted by molar-refractivity contribution is 5.54. The molecule has 1 aromatic carbocycles. The summed E-state index contributed by atoms with van der Waals surface area (Å²) in [7, 11) is 0. The highest BCUT2D eigenvalue weighted by Crippen LogP contribution is 2.50. The van der Waals surface area contributed by atoms with Gasteiger partial charge in [-0.1, -0.05) is 61.8 Å². The number of hydrogen-bond acceptors (Lipinski definition) is 1. The fourth-order valence-corrected chi connectivity index (χ4v) is 6.19. The van der Waals surface area contributed by atoms with Gasteiger partial charge in [0.1, 0.15) is 5.75 Å². The van der Waals surface area contributed by atoms with Gasteiger partial charge in [0, 0.05) is 0 Å². The van der Waals surface area contributed by atoms with Crippen LogP contribution in [0.15, 0.2) is 0 Å². The Balaban J connectivity index is 2.16. The summed E-state index contributed by atoms with van der Waals surface area (Å²) >= 11 is 0. The third-order valence-electron chi connectivity index (χ3n) is 8.59. The molecule has 0 heterocycles. The number of phenols is 1. The summed E-state index contributed by atoms with van der Waals surface area (Å²) in [5.41, 5.74) is 7.57. The molecule has 172 valence electrons. The molecule has 0 spiro atoms. The molecule has 30 heavy (non-hydrogen) atoms. The highest BCUT2D eigenvalue weighted by Gasteiger charge is 2.39. The molecule has 0 aliphatic heterocycles. The van der Waals surface area contributed by atoms with Crippen molar-refractivity contribution in [3.63, 3.8) is 0 Å². The highest BCUT2D eigenvalue weighted by atomic mass is 16.3. The first-order valence-corrected chi connectivity index (χ1v) is 12.4. The van der Waals surface area contributed by atoms with Gasteiger partial charge in [-0.3, -0.25) is 0 Å². The lowest BCUT2D eigenvalue weighted by molar-refractivity contribution is 0.0879. The first-order chi connectivity index (χ1) is 13.6. The average molecular weight is 415 g/mol. The first kappa shape index (κ1) is 25.3. The minimum atomic E-state index is 0.343. The molecule has 0 bridgehead atoms. The van der Waals surface area contributed by atoms with E-state index in [2.05, 4.69) is 76.2 Å². The topological polar surface area (TPSA) is 20.2 Å². The van der Waals surface area contributed by atoms with E-state index in [4.69, 9.17) is 0 Å². The second-order valence-corrected chi connectivity index (χ2v) is 13.0. The number of phenolic OH excluding ortho intramolecular Hbond substituents is 1. The van der Waals surface area contributed by atoms with Crippen LogP contribution in [-0.2, 0) is 12.8 Å². The molecule has 1 aromatic rings. The molecule has 1 heteroatoms. The molecule has 1 nitrogen and oxygen atoms in total. The summed E-state index contributed by atoms with van der Waals surface area (Å²) in [5.74, 6) is 2.04. The summed E-state index contributed by atoms with van der Waals surface area (Å²) in [6.07, 6.45) is 8.74. The molecule has 2 rings (SSSR count). The van der Waals surface area contributed by atoms with Gasteiger partial charge in [-0.25, -0.2) is 0 Å². The molecule has 0 amide bonds. The zero-order chi connectivity index (χ0) is 23.1. The van der Waals surface area contributed by atoms with Crippen LogP contribution in [0.2, 0.25) is 0 Å². The molecule has 2 unspecified atom stereocenters. The molecule has 2 atom stereocenters. The minimum Gasteiger partial charge on any atom is -0.507 e. The van der Waals surface area contributed by atoms with Crippen LogP contribution < -0.4 is 0 Å². The molecule has 1 N–H and O–H groups in total. The van der Waals surface area contributed by atoms with Gasteiger partial charge in [0.25, 0.3) is 0 Å². The largest absolute Gasteiger partial charge is 0.507 e. The number of aromatic hydroxyl groups is 1. The van der Waals surface area contributed by atoms with Crippen molar-refractivity contribution in [1.82, 2.24) is 0 Å². The van der Waals surface area contributed by atoms with Crippen LogP contribution >= 0.6 is 0 Å². The van der Waals surface area contributed by atoms with E-state index >= 15 is 0 Å². The quantitative estimate of drug-likeness (QED) is 0.451. The van der Waals surface area contributed by atoms with Crippen molar-refractivity contribution in [2.24, 2.45) is 28.1 Å². The van der Waals surface area contributed by atoms with Crippen molar-refractivity contribution in [2.75, 3.05) is 0 Å². The average Bonchev–Trinajstić information content (AvgIpc) is 2.61. The van der Waals surface area contributed by atoms with Gasteiger partial charge in [0.15, 0.2) is 0 Å². The standard InChI is InChI=1S/C29H50O/c1-19(2)12-14-28(9,10)20(3)16-27(7,8)18-29(11)15-13-24-23(6)26(30)22(5)21(4)25(24)17-29/h19-20,30H,12-18H2,1-11H3. The van der Waals surface area contributed by atoms with Gasteiger partial charge in [-0.15, -0.1) is 0 Å². The van der Waals surface area contributed by atoms with E-state index in [0.717, 1.165) is 35.8 Å². The molecule has 0 radical (unpaired) electrons. The third-order valence-corrected chi connectivity index (χ3v) is 8.59. The predicted octanol–water partition coefficient (Wildman–Crippen LogP) is 8.72. The van der Waals surface area contributed by atoms with E-state index in [-0.39, 0.29) is 0 Å². The van der Waals surface area contributed by atoms with Crippen LogP contribution in [-0.4, -0.2) is 5.11 Å². The summed E-state index contributed by atoms with van der Waals surface area (Å²) in [5, 5.41) is 10.5. The summed E-state index contributed by atoms with van der Waals surface area (Å²) in [4.78, 5) is 0. The monoisotopic (exact) mass is 414 g/mol. The minimum absolute atomic E-state index is 0.343. The Morgan fingerprint density at radius 2 is 1.53 bits per heavy atom. The van der Waals surface area contributed by atoms with Crippen molar-refractivity contribution in [2.45, 2.75) is 121 Å². The number of hydrogen-bond donors (Lipinski definition) is 1. The van der Waals surface area contributed by atoms with Gasteiger partial charge >= 0.3 is 0 Å². The van der Waals surface area contributed by atoms with Crippen LogP contribution in [0.25, 0.3) is 0 Å². The number of benzene rings is 1. The smallest absolute Gasteiger partial charge is 0.121 e. The molecule has 0 fully saturated rings. The van der Waals surface area contributed by atoms with E-state index in [1.807, 2.05) is 0 Å². The summed E-state index contributed by atoms with van der Waals surface area (Å²) in [6.45, 7) is 26.1. The predicted molar refractivity (Wildman–Crippen MR) is 132 cm³/mol. The Hall–Kier alpha value is -0.980. The lowest BCUT2D eigenvalue weighted by Gasteiger charge is -2.45. The maximum absolute atomic E-state index is 10.5.